The lowest BCUT2D eigenvalue weighted by atomic mass is 9.74. The number of benzene rings is 1. The molecule has 0 unspecified atom stereocenters. The Morgan fingerprint density at radius 2 is 2.12 bits per heavy atom. The molecule has 25 heavy (non-hydrogen) atoms. The standard InChI is InChI=1S/C19H21FN4O/c1-14-11-17(23-22-14)18-21-7-8-24(18)13-19(5-9-25-10-6-19)15-3-2-4-16(20)12-15/h2-4,7-8,11-12H,5-6,9-10,13H2,1H3,(H,22,23). The Morgan fingerprint density at radius 3 is 2.84 bits per heavy atom. The fraction of sp³-hybridized carbons (Fsp3) is 0.368. The van der Waals surface area contributed by atoms with E-state index in [1.54, 1.807) is 18.3 Å². The van der Waals surface area contributed by atoms with E-state index in [0.29, 0.717) is 13.2 Å². The van der Waals surface area contributed by atoms with Crippen LogP contribution in [0, 0.1) is 12.7 Å². The average Bonchev–Trinajstić information content (AvgIpc) is 3.24. The first kappa shape index (κ1) is 16.0. The predicted molar refractivity (Wildman–Crippen MR) is 92.7 cm³/mol. The van der Waals surface area contributed by atoms with Gasteiger partial charge < -0.3 is 9.30 Å². The molecule has 0 radical (unpaired) electrons. The van der Waals surface area contributed by atoms with Crippen LogP contribution >= 0.6 is 0 Å². The normalized spacial score (nSPS) is 16.9. The zero-order chi connectivity index (χ0) is 17.3. The Labute approximate surface area is 145 Å². The van der Waals surface area contributed by atoms with Crippen LogP contribution in [0.1, 0.15) is 24.1 Å². The molecule has 1 N–H and O–H groups in total. The molecule has 0 bridgehead atoms. The van der Waals surface area contributed by atoms with Gasteiger partial charge in [-0.25, -0.2) is 9.37 Å². The van der Waals surface area contributed by atoms with Crippen molar-refractivity contribution in [2.75, 3.05) is 13.2 Å². The molecular weight excluding hydrogens is 319 g/mol. The van der Waals surface area contributed by atoms with Crippen molar-refractivity contribution < 1.29 is 9.13 Å². The van der Waals surface area contributed by atoms with E-state index >= 15 is 0 Å². The fourth-order valence-electron chi connectivity index (χ4n) is 3.65. The van der Waals surface area contributed by atoms with E-state index in [0.717, 1.165) is 42.2 Å². The molecule has 0 saturated carbocycles. The molecule has 5 nitrogen and oxygen atoms in total. The van der Waals surface area contributed by atoms with Gasteiger partial charge in [0.1, 0.15) is 11.5 Å². The lowest BCUT2D eigenvalue weighted by Crippen LogP contribution is -2.38. The van der Waals surface area contributed by atoms with Crippen molar-refractivity contribution in [2.24, 2.45) is 0 Å². The van der Waals surface area contributed by atoms with Gasteiger partial charge in [-0.2, -0.15) is 5.10 Å². The zero-order valence-corrected chi connectivity index (χ0v) is 14.2. The van der Waals surface area contributed by atoms with Crippen LogP contribution in [0.25, 0.3) is 11.5 Å². The molecule has 0 spiro atoms. The number of hydrogen-bond acceptors (Lipinski definition) is 3. The minimum absolute atomic E-state index is 0.166. The van der Waals surface area contributed by atoms with Gasteiger partial charge in [-0.1, -0.05) is 12.1 Å². The van der Waals surface area contributed by atoms with Gasteiger partial charge in [0.15, 0.2) is 5.82 Å². The van der Waals surface area contributed by atoms with Crippen molar-refractivity contribution in [3.63, 3.8) is 0 Å². The summed E-state index contributed by atoms with van der Waals surface area (Å²) < 4.78 is 21.5. The van der Waals surface area contributed by atoms with Gasteiger partial charge in [0, 0.05) is 43.3 Å². The monoisotopic (exact) mass is 340 g/mol. The van der Waals surface area contributed by atoms with Gasteiger partial charge >= 0.3 is 0 Å². The number of rotatable bonds is 4. The Kier molecular flexibility index (Phi) is 4.13. The number of H-pyrrole nitrogens is 1. The number of nitrogens with zero attached hydrogens (tertiary/aromatic N) is 3. The smallest absolute Gasteiger partial charge is 0.160 e. The van der Waals surface area contributed by atoms with Gasteiger partial charge in [0.25, 0.3) is 0 Å². The molecule has 6 heteroatoms. The summed E-state index contributed by atoms with van der Waals surface area (Å²) in [6, 6.07) is 8.93. The maximum Gasteiger partial charge on any atom is 0.160 e. The van der Waals surface area contributed by atoms with Crippen molar-refractivity contribution >= 4 is 0 Å². The summed E-state index contributed by atoms with van der Waals surface area (Å²) in [5.41, 5.74) is 2.68. The summed E-state index contributed by atoms with van der Waals surface area (Å²) in [4.78, 5) is 4.48. The molecular formula is C19H21FN4O. The van der Waals surface area contributed by atoms with Crippen LogP contribution < -0.4 is 0 Å². The Morgan fingerprint density at radius 1 is 1.28 bits per heavy atom. The van der Waals surface area contributed by atoms with Gasteiger partial charge in [0.2, 0.25) is 0 Å². The molecule has 1 aliphatic rings. The quantitative estimate of drug-likeness (QED) is 0.791. The van der Waals surface area contributed by atoms with E-state index in [-0.39, 0.29) is 11.2 Å². The van der Waals surface area contributed by atoms with Crippen molar-refractivity contribution in [2.45, 2.75) is 31.7 Å². The van der Waals surface area contributed by atoms with Crippen LogP contribution in [0.5, 0.6) is 0 Å². The van der Waals surface area contributed by atoms with Crippen molar-refractivity contribution in [3.8, 4) is 11.5 Å². The lowest BCUT2D eigenvalue weighted by Gasteiger charge is -2.38. The van der Waals surface area contributed by atoms with Gasteiger partial charge in [-0.05, 0) is 43.5 Å². The van der Waals surface area contributed by atoms with E-state index < -0.39 is 0 Å². The Hall–Kier alpha value is -2.47. The highest BCUT2D eigenvalue weighted by atomic mass is 19.1. The van der Waals surface area contributed by atoms with Gasteiger partial charge in [-0.3, -0.25) is 5.10 Å². The largest absolute Gasteiger partial charge is 0.381 e. The summed E-state index contributed by atoms with van der Waals surface area (Å²) in [6.07, 6.45) is 5.47. The third-order valence-corrected chi connectivity index (χ3v) is 5.01. The fourth-order valence-corrected chi connectivity index (χ4v) is 3.65. The van der Waals surface area contributed by atoms with Crippen molar-refractivity contribution in [3.05, 3.63) is 59.8 Å². The highest BCUT2D eigenvalue weighted by Crippen LogP contribution is 2.37. The van der Waals surface area contributed by atoms with E-state index in [9.17, 15) is 4.39 Å². The second-order valence-electron chi connectivity index (χ2n) is 6.72. The number of ether oxygens (including phenoxy) is 1. The molecule has 1 fully saturated rings. The average molecular weight is 340 g/mol. The summed E-state index contributed by atoms with van der Waals surface area (Å²) in [7, 11) is 0. The number of aromatic amines is 1. The van der Waals surface area contributed by atoms with E-state index in [1.165, 1.54) is 6.07 Å². The second kappa shape index (κ2) is 6.44. The molecule has 3 aromatic rings. The number of aromatic nitrogens is 4. The van der Waals surface area contributed by atoms with Crippen LogP contribution in [0.2, 0.25) is 0 Å². The summed E-state index contributed by atoms with van der Waals surface area (Å²) >= 11 is 0. The maximum absolute atomic E-state index is 13.9. The minimum Gasteiger partial charge on any atom is -0.381 e. The molecule has 0 aliphatic carbocycles. The Bertz CT molecular complexity index is 864. The third-order valence-electron chi connectivity index (χ3n) is 5.01. The summed E-state index contributed by atoms with van der Waals surface area (Å²) in [5, 5.41) is 7.29. The zero-order valence-electron chi connectivity index (χ0n) is 14.2. The lowest BCUT2D eigenvalue weighted by molar-refractivity contribution is 0.0435. The molecule has 2 aromatic heterocycles. The van der Waals surface area contributed by atoms with Crippen molar-refractivity contribution in [1.29, 1.82) is 0 Å². The summed E-state index contributed by atoms with van der Waals surface area (Å²) in [6.45, 7) is 4.06. The topological polar surface area (TPSA) is 55.7 Å². The molecule has 0 atom stereocenters. The molecule has 3 heterocycles. The number of imidazole rings is 1. The SMILES string of the molecule is Cc1cc(-c2nccn2CC2(c3cccc(F)c3)CCOCC2)n[nH]1. The number of halogens is 1. The van der Waals surface area contributed by atoms with Crippen LogP contribution in [-0.2, 0) is 16.7 Å². The Balaban J connectivity index is 1.72. The molecule has 1 saturated heterocycles. The van der Waals surface area contributed by atoms with E-state index in [1.807, 2.05) is 25.3 Å². The first-order valence-electron chi connectivity index (χ1n) is 8.54. The van der Waals surface area contributed by atoms with Crippen molar-refractivity contribution in [1.82, 2.24) is 19.7 Å². The number of hydrogen-bond donors (Lipinski definition) is 1. The molecule has 1 aliphatic heterocycles. The molecule has 130 valence electrons. The molecule has 1 aromatic carbocycles. The molecule has 4 rings (SSSR count). The second-order valence-corrected chi connectivity index (χ2v) is 6.72. The first-order valence-corrected chi connectivity index (χ1v) is 8.54. The van der Waals surface area contributed by atoms with Crippen LogP contribution in [0.4, 0.5) is 4.39 Å². The highest BCUT2D eigenvalue weighted by molar-refractivity contribution is 5.50. The van der Waals surface area contributed by atoms with Gasteiger partial charge in [0.05, 0.1) is 0 Å². The maximum atomic E-state index is 13.9. The van der Waals surface area contributed by atoms with Crippen LogP contribution in [0.15, 0.2) is 42.7 Å². The third kappa shape index (κ3) is 3.09. The summed E-state index contributed by atoms with van der Waals surface area (Å²) in [5.74, 6) is 0.628. The van der Waals surface area contributed by atoms with E-state index in [4.69, 9.17) is 4.74 Å². The molecule has 0 amide bonds. The number of nitrogens with one attached hydrogen (secondary N) is 1. The minimum atomic E-state index is -0.197. The van der Waals surface area contributed by atoms with Crippen LogP contribution in [-0.4, -0.2) is 33.0 Å². The first-order chi connectivity index (χ1) is 12.2. The highest BCUT2D eigenvalue weighted by Gasteiger charge is 2.36. The van der Waals surface area contributed by atoms with E-state index in [2.05, 4.69) is 19.7 Å². The predicted octanol–water partition coefficient (Wildman–Crippen LogP) is 3.47. The number of aryl methyl sites for hydroxylation is 1. The van der Waals surface area contributed by atoms with Gasteiger partial charge in [-0.15, -0.1) is 0 Å². The van der Waals surface area contributed by atoms with Crippen LogP contribution in [0.3, 0.4) is 0 Å².